The molecule has 0 radical (unpaired) electrons. The molecule has 0 bridgehead atoms. The Morgan fingerprint density at radius 1 is 1.45 bits per heavy atom. The standard InChI is InChI=1S/C6H13NO4/c7-6-3(9)1-5(10)11-4(6)2-8/h3-6,8-10H,1-2,7H2/t3-,4-,5+,6+/m1/s1. The molecule has 1 saturated heterocycles. The van der Waals surface area contributed by atoms with Crippen LogP contribution in [-0.4, -0.2) is 46.5 Å². The van der Waals surface area contributed by atoms with Crippen LogP contribution in [0, 0.1) is 0 Å². The normalized spacial score (nSPS) is 45.8. The number of aliphatic hydroxyl groups excluding tert-OH is 3. The van der Waals surface area contributed by atoms with E-state index in [1.165, 1.54) is 0 Å². The van der Waals surface area contributed by atoms with E-state index in [0.717, 1.165) is 0 Å². The van der Waals surface area contributed by atoms with Gasteiger partial charge in [0.2, 0.25) is 0 Å². The molecular formula is C6H13NO4. The van der Waals surface area contributed by atoms with Crippen LogP contribution in [0.4, 0.5) is 0 Å². The summed E-state index contributed by atoms with van der Waals surface area (Å²) >= 11 is 0. The molecule has 1 heterocycles. The van der Waals surface area contributed by atoms with E-state index in [-0.39, 0.29) is 13.0 Å². The largest absolute Gasteiger partial charge is 0.394 e. The second-order valence-electron chi connectivity index (χ2n) is 2.69. The quantitative estimate of drug-likeness (QED) is 0.351. The first-order chi connectivity index (χ1) is 5.15. The number of hydrogen-bond donors (Lipinski definition) is 4. The van der Waals surface area contributed by atoms with Gasteiger partial charge in [0.05, 0.1) is 18.8 Å². The minimum Gasteiger partial charge on any atom is -0.394 e. The van der Waals surface area contributed by atoms with Crippen molar-refractivity contribution in [2.45, 2.75) is 31.0 Å². The Hall–Kier alpha value is -0.200. The van der Waals surface area contributed by atoms with E-state index < -0.39 is 24.5 Å². The lowest BCUT2D eigenvalue weighted by molar-refractivity contribution is -0.204. The predicted octanol–water partition coefficient (Wildman–Crippen LogP) is -2.23. The molecule has 5 N–H and O–H groups in total. The average molecular weight is 163 g/mol. The topological polar surface area (TPSA) is 95.9 Å². The SMILES string of the molecule is N[C@H]1[C@H](O)C[C@@H](O)O[C@@H]1CO. The molecule has 5 nitrogen and oxygen atoms in total. The first-order valence-corrected chi connectivity index (χ1v) is 3.53. The molecule has 0 spiro atoms. The summed E-state index contributed by atoms with van der Waals surface area (Å²) in [6, 6.07) is -0.608. The molecule has 5 heteroatoms. The Morgan fingerprint density at radius 2 is 2.09 bits per heavy atom. The van der Waals surface area contributed by atoms with Gasteiger partial charge < -0.3 is 25.8 Å². The highest BCUT2D eigenvalue weighted by molar-refractivity contribution is 4.85. The molecule has 1 aliphatic rings. The maximum atomic E-state index is 9.17. The average Bonchev–Trinajstić information content (AvgIpc) is 1.96. The van der Waals surface area contributed by atoms with Gasteiger partial charge in [-0.2, -0.15) is 0 Å². The third kappa shape index (κ3) is 1.88. The summed E-state index contributed by atoms with van der Waals surface area (Å²) in [4.78, 5) is 0. The lowest BCUT2D eigenvalue weighted by Gasteiger charge is -2.34. The summed E-state index contributed by atoms with van der Waals surface area (Å²) in [7, 11) is 0. The van der Waals surface area contributed by atoms with Crippen LogP contribution in [-0.2, 0) is 4.74 Å². The first-order valence-electron chi connectivity index (χ1n) is 3.53. The minimum absolute atomic E-state index is 0.109. The van der Waals surface area contributed by atoms with Gasteiger partial charge in [0.15, 0.2) is 6.29 Å². The molecule has 0 amide bonds. The van der Waals surface area contributed by atoms with Gasteiger partial charge in [-0.3, -0.25) is 0 Å². The smallest absolute Gasteiger partial charge is 0.157 e. The second kappa shape index (κ2) is 3.46. The summed E-state index contributed by atoms with van der Waals surface area (Å²) in [5.41, 5.74) is 5.45. The fourth-order valence-electron chi connectivity index (χ4n) is 1.12. The summed E-state index contributed by atoms with van der Waals surface area (Å²) < 4.78 is 4.84. The van der Waals surface area contributed by atoms with Crippen molar-refractivity contribution >= 4 is 0 Å². The van der Waals surface area contributed by atoms with Gasteiger partial charge in [0.1, 0.15) is 6.10 Å². The Bertz CT molecular complexity index is 132. The van der Waals surface area contributed by atoms with Crippen LogP contribution in [0.5, 0.6) is 0 Å². The summed E-state index contributed by atoms with van der Waals surface area (Å²) in [5.74, 6) is 0. The van der Waals surface area contributed by atoms with Gasteiger partial charge in [-0.15, -0.1) is 0 Å². The Labute approximate surface area is 64.4 Å². The summed E-state index contributed by atoms with van der Waals surface area (Å²) in [6.07, 6.45) is -2.36. The number of rotatable bonds is 1. The van der Waals surface area contributed by atoms with Crippen LogP contribution in [0.25, 0.3) is 0 Å². The first kappa shape index (κ1) is 8.89. The van der Waals surface area contributed by atoms with Crippen molar-refractivity contribution in [3.8, 4) is 0 Å². The molecule has 0 aliphatic carbocycles. The number of hydrogen-bond acceptors (Lipinski definition) is 5. The van der Waals surface area contributed by atoms with Crippen LogP contribution in [0.1, 0.15) is 6.42 Å². The van der Waals surface area contributed by atoms with Gasteiger partial charge in [-0.05, 0) is 0 Å². The van der Waals surface area contributed by atoms with E-state index >= 15 is 0 Å². The Kier molecular flexibility index (Phi) is 2.80. The highest BCUT2D eigenvalue weighted by atomic mass is 16.6. The van der Waals surface area contributed by atoms with Gasteiger partial charge in [0.25, 0.3) is 0 Å². The van der Waals surface area contributed by atoms with Crippen LogP contribution >= 0.6 is 0 Å². The zero-order chi connectivity index (χ0) is 8.43. The lowest BCUT2D eigenvalue weighted by atomic mass is 10.0. The highest BCUT2D eigenvalue weighted by Crippen LogP contribution is 2.16. The Balaban J connectivity index is 2.51. The molecule has 0 aromatic rings. The molecule has 1 fully saturated rings. The molecule has 66 valence electrons. The van der Waals surface area contributed by atoms with Gasteiger partial charge >= 0.3 is 0 Å². The fraction of sp³-hybridized carbons (Fsp3) is 1.00. The fourth-order valence-corrected chi connectivity index (χ4v) is 1.12. The second-order valence-corrected chi connectivity index (χ2v) is 2.69. The third-order valence-corrected chi connectivity index (χ3v) is 1.83. The third-order valence-electron chi connectivity index (χ3n) is 1.83. The number of aliphatic hydroxyl groups is 3. The van der Waals surface area contributed by atoms with Crippen molar-refractivity contribution < 1.29 is 20.1 Å². The number of ether oxygens (including phenoxy) is 1. The van der Waals surface area contributed by atoms with Crippen LogP contribution in [0.2, 0.25) is 0 Å². The van der Waals surface area contributed by atoms with E-state index in [1.807, 2.05) is 0 Å². The van der Waals surface area contributed by atoms with Crippen molar-refractivity contribution in [1.82, 2.24) is 0 Å². The van der Waals surface area contributed by atoms with Crippen LogP contribution in [0.3, 0.4) is 0 Å². The molecule has 1 aliphatic heterocycles. The van der Waals surface area contributed by atoms with Gasteiger partial charge in [0, 0.05) is 6.42 Å². The molecule has 0 saturated carbocycles. The number of nitrogens with two attached hydrogens (primary N) is 1. The minimum atomic E-state index is -1.01. The van der Waals surface area contributed by atoms with E-state index in [9.17, 15) is 5.11 Å². The summed E-state index contributed by atoms with van der Waals surface area (Å²) in [6.45, 7) is -0.282. The van der Waals surface area contributed by atoms with E-state index in [1.54, 1.807) is 0 Å². The monoisotopic (exact) mass is 163 g/mol. The van der Waals surface area contributed by atoms with Crippen molar-refractivity contribution in [2.75, 3.05) is 6.61 Å². The maximum Gasteiger partial charge on any atom is 0.157 e. The van der Waals surface area contributed by atoms with Crippen molar-refractivity contribution in [3.05, 3.63) is 0 Å². The Morgan fingerprint density at radius 3 is 2.64 bits per heavy atom. The summed E-state index contributed by atoms with van der Waals surface area (Å²) in [5, 5.41) is 26.8. The van der Waals surface area contributed by atoms with Crippen LogP contribution < -0.4 is 5.73 Å². The van der Waals surface area contributed by atoms with Gasteiger partial charge in [-0.25, -0.2) is 0 Å². The molecule has 1 rings (SSSR count). The van der Waals surface area contributed by atoms with E-state index in [4.69, 9.17) is 20.7 Å². The molecule has 0 unspecified atom stereocenters. The van der Waals surface area contributed by atoms with Crippen molar-refractivity contribution in [1.29, 1.82) is 0 Å². The van der Waals surface area contributed by atoms with Gasteiger partial charge in [-0.1, -0.05) is 0 Å². The maximum absolute atomic E-state index is 9.17. The molecule has 0 aromatic carbocycles. The van der Waals surface area contributed by atoms with Crippen LogP contribution in [0.15, 0.2) is 0 Å². The highest BCUT2D eigenvalue weighted by Gasteiger charge is 2.33. The van der Waals surface area contributed by atoms with Crippen molar-refractivity contribution in [2.24, 2.45) is 5.73 Å². The molecule has 11 heavy (non-hydrogen) atoms. The van der Waals surface area contributed by atoms with E-state index in [2.05, 4.69) is 0 Å². The predicted molar refractivity (Wildman–Crippen MR) is 36.6 cm³/mol. The zero-order valence-corrected chi connectivity index (χ0v) is 6.05. The molecular weight excluding hydrogens is 150 g/mol. The van der Waals surface area contributed by atoms with Crippen molar-refractivity contribution in [3.63, 3.8) is 0 Å². The zero-order valence-electron chi connectivity index (χ0n) is 6.05. The van der Waals surface area contributed by atoms with E-state index in [0.29, 0.717) is 0 Å². The molecule has 4 atom stereocenters. The molecule has 0 aromatic heterocycles. The lowest BCUT2D eigenvalue weighted by Crippen LogP contribution is -2.54.